The van der Waals surface area contributed by atoms with E-state index in [0.29, 0.717) is 5.69 Å². The van der Waals surface area contributed by atoms with E-state index in [4.69, 9.17) is 0 Å². The van der Waals surface area contributed by atoms with E-state index in [1.807, 2.05) is 6.92 Å². The molecule has 2 rings (SSSR count). The summed E-state index contributed by atoms with van der Waals surface area (Å²) < 4.78 is 27.2. The molecule has 1 aromatic heterocycles. The fraction of sp³-hybridized carbons (Fsp3) is 0.273. The number of nitrogens with zero attached hydrogens (tertiary/aromatic N) is 3. The van der Waals surface area contributed by atoms with Crippen LogP contribution in [0.2, 0.25) is 0 Å². The highest BCUT2D eigenvalue weighted by molar-refractivity contribution is 9.09. The summed E-state index contributed by atoms with van der Waals surface area (Å²) in [4.78, 5) is 0.113. The first-order valence-corrected chi connectivity index (χ1v) is 6.05. The molecular weight excluding hydrogens is 292 g/mol. The molecule has 90 valence electrons. The number of hydrogen-bond donors (Lipinski definition) is 0. The molecule has 1 heterocycles. The second-order valence-corrected chi connectivity index (χ2v) is 4.67. The third kappa shape index (κ3) is 2.52. The largest absolute Gasteiger partial charge is 0.220 e. The standard InChI is InChI=1S/C11H10BrF2N3/c1-2-8(12)11-6-17(16-15-11)7-3-4-9(13)10(14)5-7/h3-6,8H,2H2,1H3. The fourth-order valence-electron chi connectivity index (χ4n) is 1.38. The van der Waals surface area contributed by atoms with E-state index < -0.39 is 11.6 Å². The SMILES string of the molecule is CCC(Br)c1cn(-c2ccc(F)c(F)c2)nn1. The van der Waals surface area contributed by atoms with Gasteiger partial charge in [0.2, 0.25) is 0 Å². The maximum absolute atomic E-state index is 13.1. The average Bonchev–Trinajstić information content (AvgIpc) is 2.81. The molecule has 0 bridgehead atoms. The van der Waals surface area contributed by atoms with Gasteiger partial charge in [-0.2, -0.15) is 0 Å². The van der Waals surface area contributed by atoms with E-state index >= 15 is 0 Å². The first kappa shape index (κ1) is 12.2. The Bertz CT molecular complexity index is 527. The molecule has 1 unspecified atom stereocenters. The maximum Gasteiger partial charge on any atom is 0.160 e. The van der Waals surface area contributed by atoms with Crippen molar-refractivity contribution in [3.63, 3.8) is 0 Å². The first-order chi connectivity index (χ1) is 8.11. The zero-order chi connectivity index (χ0) is 12.4. The minimum atomic E-state index is -0.898. The molecule has 0 spiro atoms. The predicted octanol–water partition coefficient (Wildman–Crippen LogP) is 3.39. The van der Waals surface area contributed by atoms with Gasteiger partial charge in [0, 0.05) is 6.07 Å². The van der Waals surface area contributed by atoms with Crippen LogP contribution in [-0.4, -0.2) is 15.0 Å². The zero-order valence-corrected chi connectivity index (χ0v) is 10.7. The molecule has 0 saturated carbocycles. The molecule has 0 aliphatic heterocycles. The van der Waals surface area contributed by atoms with Crippen molar-refractivity contribution in [3.05, 3.63) is 41.7 Å². The van der Waals surface area contributed by atoms with Crippen molar-refractivity contribution in [1.29, 1.82) is 0 Å². The Balaban J connectivity index is 2.33. The molecule has 2 aromatic rings. The van der Waals surface area contributed by atoms with Gasteiger partial charge in [-0.15, -0.1) is 5.10 Å². The molecule has 1 atom stereocenters. The van der Waals surface area contributed by atoms with Crippen LogP contribution in [0, 0.1) is 11.6 Å². The van der Waals surface area contributed by atoms with Gasteiger partial charge in [-0.25, -0.2) is 13.5 Å². The van der Waals surface area contributed by atoms with Crippen LogP contribution in [0.25, 0.3) is 5.69 Å². The topological polar surface area (TPSA) is 30.7 Å². The zero-order valence-electron chi connectivity index (χ0n) is 9.07. The van der Waals surface area contributed by atoms with Gasteiger partial charge < -0.3 is 0 Å². The lowest BCUT2D eigenvalue weighted by molar-refractivity contribution is 0.507. The van der Waals surface area contributed by atoms with Crippen LogP contribution in [0.15, 0.2) is 24.4 Å². The highest BCUT2D eigenvalue weighted by atomic mass is 79.9. The third-order valence-electron chi connectivity index (χ3n) is 2.36. The van der Waals surface area contributed by atoms with Crippen LogP contribution in [-0.2, 0) is 0 Å². The third-order valence-corrected chi connectivity index (χ3v) is 3.47. The fourth-order valence-corrected chi connectivity index (χ4v) is 1.59. The van der Waals surface area contributed by atoms with Gasteiger partial charge in [-0.05, 0) is 18.6 Å². The molecule has 0 aliphatic rings. The number of alkyl halides is 1. The Morgan fingerprint density at radius 1 is 1.35 bits per heavy atom. The van der Waals surface area contributed by atoms with Crippen LogP contribution in [0.4, 0.5) is 8.78 Å². The van der Waals surface area contributed by atoms with Crippen LogP contribution in [0.1, 0.15) is 23.9 Å². The highest BCUT2D eigenvalue weighted by Gasteiger charge is 2.11. The molecule has 1 aromatic carbocycles. The molecule has 0 aliphatic carbocycles. The Hall–Kier alpha value is -1.30. The number of benzene rings is 1. The van der Waals surface area contributed by atoms with Crippen molar-refractivity contribution in [2.75, 3.05) is 0 Å². The van der Waals surface area contributed by atoms with E-state index in [-0.39, 0.29) is 4.83 Å². The number of aromatic nitrogens is 3. The predicted molar refractivity (Wildman–Crippen MR) is 63.2 cm³/mol. The van der Waals surface area contributed by atoms with Crippen LogP contribution in [0.3, 0.4) is 0 Å². The Morgan fingerprint density at radius 3 is 2.76 bits per heavy atom. The lowest BCUT2D eigenvalue weighted by Gasteiger charge is -2.01. The summed E-state index contributed by atoms with van der Waals surface area (Å²) in [5.74, 6) is -1.77. The van der Waals surface area contributed by atoms with Crippen molar-refractivity contribution in [2.24, 2.45) is 0 Å². The molecule has 17 heavy (non-hydrogen) atoms. The molecule has 0 saturated heterocycles. The minimum absolute atomic E-state index is 0.113. The molecule has 3 nitrogen and oxygen atoms in total. The van der Waals surface area contributed by atoms with E-state index in [2.05, 4.69) is 26.2 Å². The molecule has 0 N–H and O–H groups in total. The van der Waals surface area contributed by atoms with Crippen LogP contribution >= 0.6 is 15.9 Å². The normalized spacial score (nSPS) is 12.7. The molecule has 0 fully saturated rings. The summed E-state index contributed by atoms with van der Waals surface area (Å²) in [6.07, 6.45) is 2.56. The quantitative estimate of drug-likeness (QED) is 0.814. The summed E-state index contributed by atoms with van der Waals surface area (Å²) in [5, 5.41) is 7.84. The van der Waals surface area contributed by atoms with E-state index in [1.165, 1.54) is 10.7 Å². The molecule has 6 heteroatoms. The first-order valence-electron chi connectivity index (χ1n) is 5.13. The van der Waals surface area contributed by atoms with Gasteiger partial charge in [0.1, 0.15) is 0 Å². The lowest BCUT2D eigenvalue weighted by Crippen LogP contribution is -1.96. The van der Waals surface area contributed by atoms with Gasteiger partial charge in [0.05, 0.1) is 22.4 Å². The van der Waals surface area contributed by atoms with Crippen molar-refractivity contribution < 1.29 is 8.78 Å². The van der Waals surface area contributed by atoms with E-state index in [9.17, 15) is 8.78 Å². The molecule has 0 amide bonds. The average molecular weight is 302 g/mol. The van der Waals surface area contributed by atoms with Crippen LogP contribution in [0.5, 0.6) is 0 Å². The van der Waals surface area contributed by atoms with Gasteiger partial charge in [0.15, 0.2) is 11.6 Å². The van der Waals surface area contributed by atoms with Crippen molar-refractivity contribution >= 4 is 15.9 Å². The smallest absolute Gasteiger partial charge is 0.160 e. The summed E-state index contributed by atoms with van der Waals surface area (Å²) in [5.41, 5.74) is 1.20. The van der Waals surface area contributed by atoms with Crippen LogP contribution < -0.4 is 0 Å². The van der Waals surface area contributed by atoms with E-state index in [1.54, 1.807) is 6.20 Å². The number of halogens is 3. The Morgan fingerprint density at radius 2 is 2.12 bits per heavy atom. The number of rotatable bonds is 3. The summed E-state index contributed by atoms with van der Waals surface area (Å²) in [6, 6.07) is 3.60. The summed E-state index contributed by atoms with van der Waals surface area (Å²) in [6.45, 7) is 2.01. The Labute approximate surface area is 106 Å². The lowest BCUT2D eigenvalue weighted by atomic mass is 10.2. The van der Waals surface area contributed by atoms with Gasteiger partial charge in [-0.3, -0.25) is 0 Å². The van der Waals surface area contributed by atoms with Gasteiger partial charge >= 0.3 is 0 Å². The number of hydrogen-bond acceptors (Lipinski definition) is 2. The van der Waals surface area contributed by atoms with Gasteiger partial charge in [0.25, 0.3) is 0 Å². The monoisotopic (exact) mass is 301 g/mol. The summed E-state index contributed by atoms with van der Waals surface area (Å²) in [7, 11) is 0. The van der Waals surface area contributed by atoms with Crippen molar-refractivity contribution in [1.82, 2.24) is 15.0 Å². The van der Waals surface area contributed by atoms with Gasteiger partial charge in [-0.1, -0.05) is 28.1 Å². The summed E-state index contributed by atoms with van der Waals surface area (Å²) >= 11 is 3.45. The highest BCUT2D eigenvalue weighted by Crippen LogP contribution is 2.24. The molecular formula is C11H10BrF2N3. The molecule has 0 radical (unpaired) electrons. The Kier molecular flexibility index (Phi) is 3.51. The second kappa shape index (κ2) is 4.91. The van der Waals surface area contributed by atoms with E-state index in [0.717, 1.165) is 24.2 Å². The minimum Gasteiger partial charge on any atom is -0.220 e. The van der Waals surface area contributed by atoms with Crippen molar-refractivity contribution in [3.8, 4) is 5.69 Å². The second-order valence-electron chi connectivity index (χ2n) is 3.56. The van der Waals surface area contributed by atoms with Crippen molar-refractivity contribution in [2.45, 2.75) is 18.2 Å². The maximum atomic E-state index is 13.1.